The Bertz CT molecular complexity index is 726. The van der Waals surface area contributed by atoms with E-state index in [1.54, 1.807) is 23.0 Å². The van der Waals surface area contributed by atoms with Crippen molar-refractivity contribution in [3.8, 4) is 6.07 Å². The second-order valence-corrected chi connectivity index (χ2v) is 5.07. The SMILES string of the molecule is N#C/C(=N\Nc1cccc(Cn2cc(Br)cn2)c1)C(=N)N. The van der Waals surface area contributed by atoms with Crippen LogP contribution < -0.4 is 11.2 Å². The maximum Gasteiger partial charge on any atom is 0.201 e. The number of nitriles is 1. The molecule has 2 aromatic rings. The molecule has 0 atom stereocenters. The van der Waals surface area contributed by atoms with Crippen LogP contribution >= 0.6 is 15.9 Å². The average molecular weight is 346 g/mol. The van der Waals surface area contributed by atoms with Crippen molar-refractivity contribution in [3.05, 3.63) is 46.7 Å². The Morgan fingerprint density at radius 1 is 1.57 bits per heavy atom. The minimum absolute atomic E-state index is 0.156. The van der Waals surface area contributed by atoms with E-state index >= 15 is 0 Å². The first kappa shape index (κ1) is 14.7. The van der Waals surface area contributed by atoms with Crippen LogP contribution in [0.2, 0.25) is 0 Å². The number of amidine groups is 1. The standard InChI is InChI=1S/C13H12BrN7/c14-10-6-18-21(8-10)7-9-2-1-3-11(4-9)19-20-12(5-15)13(16)17/h1-4,6,8,19H,7H2,(H3,16,17)/b20-12+. The third kappa shape index (κ3) is 4.15. The number of nitrogens with two attached hydrogens (primary N) is 1. The quantitative estimate of drug-likeness (QED) is 0.436. The second kappa shape index (κ2) is 6.67. The van der Waals surface area contributed by atoms with E-state index in [9.17, 15) is 0 Å². The fourth-order valence-corrected chi connectivity index (χ4v) is 1.94. The molecule has 0 fully saturated rings. The summed E-state index contributed by atoms with van der Waals surface area (Å²) in [5.41, 5.74) is 9.50. The summed E-state index contributed by atoms with van der Waals surface area (Å²) >= 11 is 3.35. The lowest BCUT2D eigenvalue weighted by molar-refractivity contribution is 0.687. The summed E-state index contributed by atoms with van der Waals surface area (Å²) in [6.07, 6.45) is 3.60. The number of rotatable bonds is 5. The number of hydrogen-bond acceptors (Lipinski definition) is 5. The molecule has 0 aliphatic rings. The number of benzene rings is 1. The molecule has 0 aliphatic heterocycles. The molecule has 0 amide bonds. The Morgan fingerprint density at radius 3 is 3.00 bits per heavy atom. The first-order chi connectivity index (χ1) is 10.1. The van der Waals surface area contributed by atoms with E-state index in [0.717, 1.165) is 10.0 Å². The molecule has 1 aromatic heterocycles. The Balaban J connectivity index is 2.11. The zero-order valence-electron chi connectivity index (χ0n) is 10.9. The lowest BCUT2D eigenvalue weighted by Gasteiger charge is -2.05. The van der Waals surface area contributed by atoms with Gasteiger partial charge in [0.1, 0.15) is 6.07 Å². The number of halogens is 1. The normalized spacial score (nSPS) is 11.0. The van der Waals surface area contributed by atoms with Crippen LogP contribution in [0.5, 0.6) is 0 Å². The van der Waals surface area contributed by atoms with Crippen LogP contribution in [-0.4, -0.2) is 21.3 Å². The van der Waals surface area contributed by atoms with E-state index < -0.39 is 0 Å². The van der Waals surface area contributed by atoms with Gasteiger partial charge in [0.05, 0.1) is 22.9 Å². The highest BCUT2D eigenvalue weighted by molar-refractivity contribution is 9.10. The fourth-order valence-electron chi connectivity index (χ4n) is 1.62. The van der Waals surface area contributed by atoms with Crippen molar-refractivity contribution in [2.75, 3.05) is 5.43 Å². The van der Waals surface area contributed by atoms with Gasteiger partial charge < -0.3 is 5.73 Å². The summed E-state index contributed by atoms with van der Waals surface area (Å²) < 4.78 is 2.71. The molecule has 2 rings (SSSR count). The zero-order chi connectivity index (χ0) is 15.2. The Hall–Kier alpha value is -2.66. The third-order valence-electron chi connectivity index (χ3n) is 2.53. The van der Waals surface area contributed by atoms with Crippen LogP contribution in [0.1, 0.15) is 5.56 Å². The van der Waals surface area contributed by atoms with E-state index in [0.29, 0.717) is 12.2 Å². The first-order valence-corrected chi connectivity index (χ1v) is 6.73. The molecule has 4 N–H and O–H groups in total. The number of nitrogens with zero attached hydrogens (tertiary/aromatic N) is 4. The monoisotopic (exact) mass is 345 g/mol. The molecule has 0 bridgehead atoms. The topological polar surface area (TPSA) is 116 Å². The van der Waals surface area contributed by atoms with Crippen molar-refractivity contribution in [3.63, 3.8) is 0 Å². The number of hydrogen-bond donors (Lipinski definition) is 3. The van der Waals surface area contributed by atoms with Gasteiger partial charge in [0.2, 0.25) is 5.71 Å². The predicted molar refractivity (Wildman–Crippen MR) is 84.1 cm³/mol. The van der Waals surface area contributed by atoms with Gasteiger partial charge in [-0.3, -0.25) is 15.5 Å². The van der Waals surface area contributed by atoms with Gasteiger partial charge in [-0.15, -0.1) is 0 Å². The maximum atomic E-state index is 8.77. The average Bonchev–Trinajstić information content (AvgIpc) is 2.85. The van der Waals surface area contributed by atoms with E-state index in [4.69, 9.17) is 16.4 Å². The summed E-state index contributed by atoms with van der Waals surface area (Å²) in [5, 5.41) is 23.9. The molecule has 8 heteroatoms. The third-order valence-corrected chi connectivity index (χ3v) is 2.94. The largest absolute Gasteiger partial charge is 0.382 e. The van der Waals surface area contributed by atoms with Crippen LogP contribution in [0.4, 0.5) is 5.69 Å². The Labute approximate surface area is 129 Å². The van der Waals surface area contributed by atoms with Gasteiger partial charge in [0, 0.05) is 6.20 Å². The maximum absolute atomic E-state index is 8.77. The summed E-state index contributed by atoms with van der Waals surface area (Å²) in [5.74, 6) is -0.373. The van der Waals surface area contributed by atoms with Gasteiger partial charge >= 0.3 is 0 Å². The van der Waals surface area contributed by atoms with Crippen LogP contribution in [0.3, 0.4) is 0 Å². The van der Waals surface area contributed by atoms with Crippen LogP contribution in [0, 0.1) is 16.7 Å². The highest BCUT2D eigenvalue weighted by Gasteiger charge is 2.02. The van der Waals surface area contributed by atoms with E-state index in [1.165, 1.54) is 0 Å². The van der Waals surface area contributed by atoms with Crippen molar-refractivity contribution in [2.45, 2.75) is 6.54 Å². The van der Waals surface area contributed by atoms with Gasteiger partial charge in [-0.2, -0.15) is 15.5 Å². The highest BCUT2D eigenvalue weighted by Crippen LogP contribution is 2.13. The summed E-state index contributed by atoms with van der Waals surface area (Å²) in [6, 6.07) is 9.26. The molecule has 1 aromatic carbocycles. The molecule has 21 heavy (non-hydrogen) atoms. The predicted octanol–water partition coefficient (Wildman–Crippen LogP) is 1.92. The number of aromatic nitrogens is 2. The number of nitrogens with one attached hydrogen (secondary N) is 2. The molecule has 0 aliphatic carbocycles. The summed E-state index contributed by atoms with van der Waals surface area (Å²) in [7, 11) is 0. The van der Waals surface area contributed by atoms with Crippen molar-refractivity contribution in [2.24, 2.45) is 10.8 Å². The van der Waals surface area contributed by atoms with Gasteiger partial charge in [-0.05, 0) is 33.6 Å². The second-order valence-electron chi connectivity index (χ2n) is 4.15. The molecule has 0 radical (unpaired) electrons. The van der Waals surface area contributed by atoms with E-state index in [2.05, 4.69) is 31.6 Å². The first-order valence-electron chi connectivity index (χ1n) is 5.93. The van der Waals surface area contributed by atoms with Gasteiger partial charge in [0.25, 0.3) is 0 Å². The molecule has 106 valence electrons. The van der Waals surface area contributed by atoms with E-state index in [1.807, 2.05) is 24.4 Å². The van der Waals surface area contributed by atoms with Crippen molar-refractivity contribution in [1.29, 1.82) is 10.7 Å². The zero-order valence-corrected chi connectivity index (χ0v) is 12.5. The number of anilines is 1. The number of hydrazone groups is 1. The van der Waals surface area contributed by atoms with Crippen LogP contribution in [0.25, 0.3) is 0 Å². The van der Waals surface area contributed by atoms with Gasteiger partial charge in [0.15, 0.2) is 5.84 Å². The van der Waals surface area contributed by atoms with Crippen molar-refractivity contribution in [1.82, 2.24) is 9.78 Å². The fraction of sp³-hybridized carbons (Fsp3) is 0.0769. The molecule has 0 spiro atoms. The van der Waals surface area contributed by atoms with Crippen molar-refractivity contribution >= 4 is 33.2 Å². The van der Waals surface area contributed by atoms with Gasteiger partial charge in [-0.1, -0.05) is 12.1 Å². The van der Waals surface area contributed by atoms with Gasteiger partial charge in [-0.25, -0.2) is 0 Å². The lowest BCUT2D eigenvalue weighted by atomic mass is 10.2. The minimum Gasteiger partial charge on any atom is -0.382 e. The smallest absolute Gasteiger partial charge is 0.201 e. The molecular weight excluding hydrogens is 334 g/mol. The Morgan fingerprint density at radius 2 is 2.38 bits per heavy atom. The van der Waals surface area contributed by atoms with Crippen molar-refractivity contribution < 1.29 is 0 Å². The van der Waals surface area contributed by atoms with Crippen LogP contribution in [0.15, 0.2) is 46.2 Å². The highest BCUT2D eigenvalue weighted by atomic mass is 79.9. The summed E-state index contributed by atoms with van der Waals surface area (Å²) in [6.45, 7) is 0.614. The summed E-state index contributed by atoms with van der Waals surface area (Å²) in [4.78, 5) is 0. The molecule has 7 nitrogen and oxygen atoms in total. The molecule has 0 saturated heterocycles. The molecule has 1 heterocycles. The molecule has 0 unspecified atom stereocenters. The van der Waals surface area contributed by atoms with E-state index in [-0.39, 0.29) is 11.5 Å². The van der Waals surface area contributed by atoms with Crippen LogP contribution in [-0.2, 0) is 6.54 Å². The lowest BCUT2D eigenvalue weighted by Crippen LogP contribution is -2.21. The molecular formula is C13H12BrN7. The molecule has 0 saturated carbocycles. The Kier molecular flexibility index (Phi) is 4.68. The minimum atomic E-state index is -0.373.